The number of carbonyl (C=O) groups is 1. The number of amides is 1. The molecule has 2 aromatic carbocycles. The quantitative estimate of drug-likeness (QED) is 0.659. The van der Waals surface area contributed by atoms with Gasteiger partial charge in [0.1, 0.15) is 5.25 Å². The second-order valence-corrected chi connectivity index (χ2v) is 10.0. The van der Waals surface area contributed by atoms with Crippen LogP contribution in [0.3, 0.4) is 0 Å². The highest BCUT2D eigenvalue weighted by molar-refractivity contribution is 7.89. The molecule has 0 saturated carbocycles. The van der Waals surface area contributed by atoms with Gasteiger partial charge < -0.3 is 10.6 Å². The van der Waals surface area contributed by atoms with E-state index in [0.29, 0.717) is 19.5 Å². The first-order valence-electron chi connectivity index (χ1n) is 9.93. The van der Waals surface area contributed by atoms with E-state index in [4.69, 9.17) is 5.73 Å². The van der Waals surface area contributed by atoms with Crippen molar-refractivity contribution in [2.45, 2.75) is 32.1 Å². The third-order valence-corrected chi connectivity index (χ3v) is 7.05. The summed E-state index contributed by atoms with van der Waals surface area (Å²) in [6.45, 7) is 5.57. The molecule has 29 heavy (non-hydrogen) atoms. The number of nitrogens with two attached hydrogens (primary N) is 1. The predicted octanol–water partition coefficient (Wildman–Crippen LogP) is 2.81. The van der Waals surface area contributed by atoms with Crippen LogP contribution in [0, 0.1) is 11.8 Å². The first-order valence-corrected chi connectivity index (χ1v) is 11.5. The van der Waals surface area contributed by atoms with Crippen LogP contribution in [0.15, 0.2) is 54.6 Å². The van der Waals surface area contributed by atoms with Crippen molar-refractivity contribution in [1.82, 2.24) is 4.72 Å². The monoisotopic (exact) mass is 415 g/mol. The van der Waals surface area contributed by atoms with Gasteiger partial charge in [0, 0.05) is 25.3 Å². The number of nitrogens with one attached hydrogen (secondary N) is 1. The first-order chi connectivity index (χ1) is 13.8. The SMILES string of the molecule is CC(C)CC(c1ccccc1)S(=O)(=O)NCc1ccc(N2CC(C(N)=O)C2)cc1. The third kappa shape index (κ3) is 5.36. The van der Waals surface area contributed by atoms with E-state index in [-0.39, 0.29) is 24.3 Å². The minimum atomic E-state index is -3.52. The second-order valence-electron chi connectivity index (χ2n) is 8.07. The van der Waals surface area contributed by atoms with Gasteiger partial charge in [0.05, 0.1) is 5.92 Å². The normalized spacial score (nSPS) is 15.9. The summed E-state index contributed by atoms with van der Waals surface area (Å²) in [6.07, 6.45) is 0.564. The Kier molecular flexibility index (Phi) is 6.59. The van der Waals surface area contributed by atoms with Crippen molar-refractivity contribution in [1.29, 1.82) is 0 Å². The molecule has 1 aliphatic rings. The molecule has 1 heterocycles. The van der Waals surface area contributed by atoms with Gasteiger partial charge in [-0.2, -0.15) is 0 Å². The van der Waals surface area contributed by atoms with Crippen molar-refractivity contribution >= 4 is 21.6 Å². The number of nitrogens with zero attached hydrogens (tertiary/aromatic N) is 1. The Labute approximate surface area is 173 Å². The number of carbonyl (C=O) groups excluding carboxylic acids is 1. The molecule has 1 fully saturated rings. The fourth-order valence-electron chi connectivity index (χ4n) is 3.52. The van der Waals surface area contributed by atoms with E-state index in [2.05, 4.69) is 9.62 Å². The topological polar surface area (TPSA) is 92.5 Å². The predicted molar refractivity (Wildman–Crippen MR) is 116 cm³/mol. The first kappa shape index (κ1) is 21.3. The fraction of sp³-hybridized carbons (Fsp3) is 0.409. The Morgan fingerprint density at radius 2 is 1.72 bits per heavy atom. The molecule has 7 heteroatoms. The Balaban J connectivity index is 1.63. The summed E-state index contributed by atoms with van der Waals surface area (Å²) in [6, 6.07) is 17.1. The maximum absolute atomic E-state index is 13.0. The highest BCUT2D eigenvalue weighted by Gasteiger charge is 2.31. The van der Waals surface area contributed by atoms with Crippen molar-refractivity contribution in [2.24, 2.45) is 17.6 Å². The molecule has 1 unspecified atom stereocenters. The number of hydrogen-bond donors (Lipinski definition) is 2. The Morgan fingerprint density at radius 1 is 1.10 bits per heavy atom. The van der Waals surface area contributed by atoms with E-state index < -0.39 is 15.3 Å². The standard InChI is InChI=1S/C22H29N3O3S/c1-16(2)12-21(18-6-4-3-5-7-18)29(27,28)24-13-17-8-10-20(11-9-17)25-14-19(15-25)22(23)26/h3-11,16,19,21,24H,12-15H2,1-2H3,(H2,23,26). The van der Waals surface area contributed by atoms with Crippen LogP contribution in [0.5, 0.6) is 0 Å². The van der Waals surface area contributed by atoms with Crippen LogP contribution in [0.2, 0.25) is 0 Å². The molecule has 2 aromatic rings. The smallest absolute Gasteiger partial charge is 0.224 e. The van der Waals surface area contributed by atoms with Gasteiger partial charge in [0.25, 0.3) is 0 Å². The van der Waals surface area contributed by atoms with Crippen molar-refractivity contribution < 1.29 is 13.2 Å². The van der Waals surface area contributed by atoms with Crippen LogP contribution < -0.4 is 15.4 Å². The zero-order valence-corrected chi connectivity index (χ0v) is 17.7. The molecule has 0 aromatic heterocycles. The lowest BCUT2D eigenvalue weighted by molar-refractivity contribution is -0.122. The van der Waals surface area contributed by atoms with Gasteiger partial charge in [-0.25, -0.2) is 13.1 Å². The summed E-state index contributed by atoms with van der Waals surface area (Å²) in [5.74, 6) is -0.0872. The van der Waals surface area contributed by atoms with Crippen LogP contribution in [0.25, 0.3) is 0 Å². The number of anilines is 1. The summed E-state index contributed by atoms with van der Waals surface area (Å²) in [7, 11) is -3.52. The number of primary amides is 1. The number of benzene rings is 2. The largest absolute Gasteiger partial charge is 0.370 e. The third-order valence-electron chi connectivity index (χ3n) is 5.29. The molecular formula is C22H29N3O3S. The van der Waals surface area contributed by atoms with E-state index in [1.54, 1.807) is 0 Å². The van der Waals surface area contributed by atoms with Gasteiger partial charge in [0.15, 0.2) is 0 Å². The second kappa shape index (κ2) is 8.97. The Bertz CT molecular complexity index is 922. The van der Waals surface area contributed by atoms with Crippen molar-refractivity contribution in [3.05, 3.63) is 65.7 Å². The summed E-state index contributed by atoms with van der Waals surface area (Å²) in [5.41, 5.74) is 8.02. The number of sulfonamides is 1. The molecule has 3 N–H and O–H groups in total. The highest BCUT2D eigenvalue weighted by Crippen LogP contribution is 2.29. The van der Waals surface area contributed by atoms with Gasteiger partial charge in [-0.05, 0) is 35.6 Å². The highest BCUT2D eigenvalue weighted by atomic mass is 32.2. The summed E-state index contributed by atoms with van der Waals surface area (Å²) in [4.78, 5) is 13.2. The van der Waals surface area contributed by atoms with E-state index in [1.165, 1.54) is 0 Å². The number of hydrogen-bond acceptors (Lipinski definition) is 4. The molecule has 1 amide bonds. The average molecular weight is 416 g/mol. The van der Waals surface area contributed by atoms with Crippen LogP contribution in [0.4, 0.5) is 5.69 Å². The van der Waals surface area contributed by atoms with Crippen LogP contribution in [0.1, 0.15) is 36.6 Å². The van der Waals surface area contributed by atoms with Gasteiger partial charge in [-0.15, -0.1) is 0 Å². The van der Waals surface area contributed by atoms with Gasteiger partial charge in [-0.3, -0.25) is 4.79 Å². The maximum Gasteiger partial charge on any atom is 0.224 e. The lowest BCUT2D eigenvalue weighted by atomic mass is 9.98. The van der Waals surface area contributed by atoms with Crippen molar-refractivity contribution in [2.75, 3.05) is 18.0 Å². The molecule has 0 spiro atoms. The van der Waals surface area contributed by atoms with Gasteiger partial charge >= 0.3 is 0 Å². The van der Waals surface area contributed by atoms with Crippen LogP contribution in [-0.4, -0.2) is 27.4 Å². The molecule has 6 nitrogen and oxygen atoms in total. The van der Waals surface area contributed by atoms with E-state index in [9.17, 15) is 13.2 Å². The molecule has 0 radical (unpaired) electrons. The molecule has 3 rings (SSSR count). The molecule has 1 atom stereocenters. The molecule has 0 bridgehead atoms. The average Bonchev–Trinajstić information content (AvgIpc) is 2.64. The Hall–Kier alpha value is -2.38. The summed E-state index contributed by atoms with van der Waals surface area (Å²) in [5, 5.41) is -0.574. The van der Waals surface area contributed by atoms with Crippen LogP contribution >= 0.6 is 0 Å². The zero-order chi connectivity index (χ0) is 21.0. The lowest BCUT2D eigenvalue weighted by Gasteiger charge is -2.39. The molecule has 0 aliphatic carbocycles. The fourth-order valence-corrected chi connectivity index (χ4v) is 5.24. The zero-order valence-electron chi connectivity index (χ0n) is 16.9. The van der Waals surface area contributed by atoms with E-state index >= 15 is 0 Å². The summed E-state index contributed by atoms with van der Waals surface area (Å²) >= 11 is 0. The maximum atomic E-state index is 13.0. The van der Waals surface area contributed by atoms with Gasteiger partial charge in [0.2, 0.25) is 15.9 Å². The van der Waals surface area contributed by atoms with Crippen LogP contribution in [-0.2, 0) is 21.4 Å². The molecule has 1 aliphatic heterocycles. The Morgan fingerprint density at radius 3 is 2.28 bits per heavy atom. The van der Waals surface area contributed by atoms with Crippen molar-refractivity contribution in [3.8, 4) is 0 Å². The van der Waals surface area contributed by atoms with Crippen molar-refractivity contribution in [3.63, 3.8) is 0 Å². The minimum absolute atomic E-state index is 0.0858. The van der Waals surface area contributed by atoms with E-state index in [1.807, 2.05) is 68.4 Å². The van der Waals surface area contributed by atoms with Gasteiger partial charge in [-0.1, -0.05) is 56.3 Å². The molecule has 156 valence electrons. The molecular weight excluding hydrogens is 386 g/mol. The summed E-state index contributed by atoms with van der Waals surface area (Å²) < 4.78 is 28.8. The lowest BCUT2D eigenvalue weighted by Crippen LogP contribution is -2.52. The number of rotatable bonds is 9. The van der Waals surface area contributed by atoms with E-state index in [0.717, 1.165) is 16.8 Å². The molecule has 1 saturated heterocycles. The minimum Gasteiger partial charge on any atom is -0.370 e.